The number of nitrogens with zero attached hydrogens (tertiary/aromatic N) is 1. The van der Waals surface area contributed by atoms with E-state index in [1.165, 1.54) is 0 Å². The Bertz CT molecular complexity index is 996. The summed E-state index contributed by atoms with van der Waals surface area (Å²) >= 11 is 7.43. The van der Waals surface area contributed by atoms with Crippen LogP contribution in [0.15, 0.2) is 66.7 Å². The Morgan fingerprint density at radius 3 is 2.64 bits per heavy atom. The lowest BCUT2D eigenvalue weighted by Gasteiger charge is -2.11. The molecule has 0 saturated carbocycles. The van der Waals surface area contributed by atoms with Gasteiger partial charge in [0.05, 0.1) is 5.69 Å². The zero-order chi connectivity index (χ0) is 19.9. The summed E-state index contributed by atoms with van der Waals surface area (Å²) < 4.78 is 6.83. The number of nitrogens with one attached hydrogen (secondary N) is 2. The van der Waals surface area contributed by atoms with Crippen molar-refractivity contribution in [2.75, 3.05) is 5.32 Å². The fraction of sp³-hybridized carbons (Fsp3) is 0.0952. The number of ether oxygens (including phenoxy) is 1. The van der Waals surface area contributed by atoms with Crippen molar-refractivity contribution in [2.24, 2.45) is 0 Å². The van der Waals surface area contributed by atoms with Crippen LogP contribution in [0.1, 0.15) is 21.6 Å². The first kappa shape index (κ1) is 20.2. The number of aryl methyl sites for hydroxylation is 1. The lowest BCUT2D eigenvalue weighted by atomic mass is 10.2. The average Bonchev–Trinajstić information content (AvgIpc) is 2.70. The Morgan fingerprint density at radius 2 is 1.89 bits per heavy atom. The van der Waals surface area contributed by atoms with Crippen molar-refractivity contribution in [3.05, 3.63) is 87.1 Å². The number of hydrogen-bond acceptors (Lipinski definition) is 4. The quantitative estimate of drug-likeness (QED) is 0.391. The number of pyridine rings is 1. The van der Waals surface area contributed by atoms with E-state index in [9.17, 15) is 4.79 Å². The highest BCUT2D eigenvalue weighted by Crippen LogP contribution is 2.16. The monoisotopic (exact) mass is 503 g/mol. The lowest BCUT2D eigenvalue weighted by molar-refractivity contribution is 0.0977. The Hall–Kier alpha value is -2.52. The molecule has 0 saturated heterocycles. The maximum atomic E-state index is 12.5. The van der Waals surface area contributed by atoms with Crippen molar-refractivity contribution in [1.29, 1.82) is 0 Å². The highest BCUT2D eigenvalue weighted by Gasteiger charge is 2.10. The van der Waals surface area contributed by atoms with Crippen molar-refractivity contribution in [1.82, 2.24) is 10.3 Å². The molecule has 0 radical (unpaired) electrons. The van der Waals surface area contributed by atoms with Gasteiger partial charge < -0.3 is 10.1 Å². The predicted molar refractivity (Wildman–Crippen MR) is 123 cm³/mol. The topological polar surface area (TPSA) is 63.2 Å². The summed E-state index contributed by atoms with van der Waals surface area (Å²) in [7, 11) is 0. The van der Waals surface area contributed by atoms with Crippen LogP contribution in [0.3, 0.4) is 0 Å². The average molecular weight is 503 g/mol. The largest absolute Gasteiger partial charge is 0.489 e. The molecule has 7 heteroatoms. The van der Waals surface area contributed by atoms with E-state index >= 15 is 0 Å². The molecule has 2 N–H and O–H groups in total. The summed E-state index contributed by atoms with van der Waals surface area (Å²) in [4.78, 5) is 16.9. The van der Waals surface area contributed by atoms with Gasteiger partial charge in [-0.05, 0) is 77.6 Å². The second-order valence-electron chi connectivity index (χ2n) is 5.97. The van der Waals surface area contributed by atoms with E-state index in [4.69, 9.17) is 17.0 Å². The van der Waals surface area contributed by atoms with Crippen molar-refractivity contribution >= 4 is 51.6 Å². The van der Waals surface area contributed by atoms with E-state index in [-0.39, 0.29) is 11.0 Å². The van der Waals surface area contributed by atoms with Gasteiger partial charge in [-0.1, -0.05) is 36.4 Å². The number of aromatic nitrogens is 1. The van der Waals surface area contributed by atoms with Crippen molar-refractivity contribution in [2.45, 2.75) is 13.5 Å². The van der Waals surface area contributed by atoms with Crippen LogP contribution in [-0.4, -0.2) is 16.0 Å². The molecule has 3 rings (SSSR count). The Labute approximate surface area is 182 Å². The van der Waals surface area contributed by atoms with E-state index in [0.29, 0.717) is 23.7 Å². The van der Waals surface area contributed by atoms with Crippen LogP contribution in [0, 0.1) is 10.5 Å². The van der Waals surface area contributed by atoms with Gasteiger partial charge in [-0.25, -0.2) is 4.98 Å². The second kappa shape index (κ2) is 9.61. The van der Waals surface area contributed by atoms with Gasteiger partial charge in [0, 0.05) is 9.13 Å². The molecule has 5 nitrogen and oxygen atoms in total. The van der Waals surface area contributed by atoms with E-state index < -0.39 is 0 Å². The molecule has 1 aromatic heterocycles. The third-order valence-corrected chi connectivity index (χ3v) is 5.18. The SMILES string of the molecule is Cc1nc(NC(=S)NC(=O)c2cccc(OCc3ccccc3)c2)ccc1I. The fourth-order valence-electron chi connectivity index (χ4n) is 2.40. The molecule has 3 aromatic rings. The minimum atomic E-state index is -0.315. The maximum Gasteiger partial charge on any atom is 0.257 e. The number of carbonyl (C=O) groups is 1. The predicted octanol–water partition coefficient (Wildman–Crippen LogP) is 4.70. The Morgan fingerprint density at radius 1 is 1.11 bits per heavy atom. The van der Waals surface area contributed by atoms with Crippen molar-refractivity contribution in [3.63, 3.8) is 0 Å². The van der Waals surface area contributed by atoms with Crippen molar-refractivity contribution in [3.8, 4) is 5.75 Å². The summed E-state index contributed by atoms with van der Waals surface area (Å²) in [5, 5.41) is 5.78. The summed E-state index contributed by atoms with van der Waals surface area (Å²) in [5.74, 6) is 0.887. The maximum absolute atomic E-state index is 12.5. The number of carbonyl (C=O) groups excluding carboxylic acids is 1. The smallest absolute Gasteiger partial charge is 0.257 e. The van der Waals surface area contributed by atoms with Crippen LogP contribution in [0.5, 0.6) is 5.75 Å². The van der Waals surface area contributed by atoms with Crippen LogP contribution in [0.2, 0.25) is 0 Å². The van der Waals surface area contributed by atoms with Crippen LogP contribution in [-0.2, 0) is 6.61 Å². The van der Waals surface area contributed by atoms with Gasteiger partial charge in [0.25, 0.3) is 5.91 Å². The molecule has 0 aliphatic rings. The molecule has 0 unspecified atom stereocenters. The normalized spacial score (nSPS) is 10.2. The van der Waals surface area contributed by atoms with Crippen LogP contribution < -0.4 is 15.4 Å². The summed E-state index contributed by atoms with van der Waals surface area (Å²) in [6.07, 6.45) is 0. The van der Waals surface area contributed by atoms with Gasteiger partial charge in [0.2, 0.25) is 0 Å². The zero-order valence-electron chi connectivity index (χ0n) is 15.1. The van der Waals surface area contributed by atoms with E-state index in [0.717, 1.165) is 14.8 Å². The van der Waals surface area contributed by atoms with Gasteiger partial charge in [-0.15, -0.1) is 0 Å². The molecular formula is C21H18IN3O2S. The minimum absolute atomic E-state index is 0.189. The lowest BCUT2D eigenvalue weighted by Crippen LogP contribution is -2.34. The zero-order valence-corrected chi connectivity index (χ0v) is 18.1. The number of anilines is 1. The van der Waals surface area contributed by atoms with Crippen LogP contribution in [0.25, 0.3) is 0 Å². The minimum Gasteiger partial charge on any atom is -0.489 e. The molecule has 0 spiro atoms. The van der Waals surface area contributed by atoms with Crippen molar-refractivity contribution < 1.29 is 9.53 Å². The first-order chi connectivity index (χ1) is 13.5. The third kappa shape index (κ3) is 5.74. The molecule has 0 aliphatic carbocycles. The molecule has 0 fully saturated rings. The van der Waals surface area contributed by atoms with Crippen LogP contribution in [0.4, 0.5) is 5.82 Å². The van der Waals surface area contributed by atoms with Gasteiger partial charge in [-0.3, -0.25) is 10.1 Å². The van der Waals surface area contributed by atoms with Gasteiger partial charge in [0.15, 0.2) is 5.11 Å². The summed E-state index contributed by atoms with van der Waals surface area (Å²) in [5.41, 5.74) is 2.41. The third-order valence-electron chi connectivity index (χ3n) is 3.83. The fourth-order valence-corrected chi connectivity index (χ4v) is 2.90. The Kier molecular flexibility index (Phi) is 6.94. The van der Waals surface area contributed by atoms with Gasteiger partial charge >= 0.3 is 0 Å². The number of amides is 1. The van der Waals surface area contributed by atoms with Gasteiger partial charge in [0.1, 0.15) is 18.2 Å². The highest BCUT2D eigenvalue weighted by atomic mass is 127. The molecule has 0 atom stereocenters. The number of benzene rings is 2. The van der Waals surface area contributed by atoms with E-state index in [2.05, 4.69) is 38.2 Å². The highest BCUT2D eigenvalue weighted by molar-refractivity contribution is 14.1. The van der Waals surface area contributed by atoms with E-state index in [1.807, 2.05) is 55.5 Å². The Balaban J connectivity index is 1.59. The molecule has 1 amide bonds. The molecule has 1 heterocycles. The number of hydrogen-bond donors (Lipinski definition) is 2. The number of halogens is 1. The van der Waals surface area contributed by atoms with Gasteiger partial charge in [-0.2, -0.15) is 0 Å². The second-order valence-corrected chi connectivity index (χ2v) is 7.54. The number of rotatable bonds is 5. The molecule has 0 bridgehead atoms. The summed E-state index contributed by atoms with van der Waals surface area (Å²) in [6, 6.07) is 20.6. The molecule has 142 valence electrons. The standard InChI is InChI=1S/C21H18IN3O2S/c1-14-18(22)10-11-19(23-14)24-21(28)25-20(26)16-8-5-9-17(12-16)27-13-15-6-3-2-4-7-15/h2-12H,13H2,1H3,(H2,23,24,25,26,28). The molecular weight excluding hydrogens is 485 g/mol. The molecule has 28 heavy (non-hydrogen) atoms. The first-order valence-electron chi connectivity index (χ1n) is 8.53. The summed E-state index contributed by atoms with van der Waals surface area (Å²) in [6.45, 7) is 2.35. The molecule has 0 aliphatic heterocycles. The number of thiocarbonyl (C=S) groups is 1. The van der Waals surface area contributed by atoms with E-state index in [1.54, 1.807) is 18.2 Å². The molecule has 2 aromatic carbocycles. The van der Waals surface area contributed by atoms with Crippen LogP contribution >= 0.6 is 34.8 Å². The first-order valence-corrected chi connectivity index (χ1v) is 10.0.